The lowest BCUT2D eigenvalue weighted by atomic mass is 9.97. The average Bonchev–Trinajstić information content (AvgIpc) is 2.75. The number of hydrogen-bond donors (Lipinski definition) is 2. The van der Waals surface area contributed by atoms with Crippen molar-refractivity contribution >= 4 is 22.6 Å². The van der Waals surface area contributed by atoms with Crippen LogP contribution in [0.5, 0.6) is 0 Å². The molecule has 76 valence electrons. The Kier molecular flexibility index (Phi) is 2.69. The zero-order chi connectivity index (χ0) is 9.97. The molecule has 7 heteroatoms. The van der Waals surface area contributed by atoms with Gasteiger partial charge in [0, 0.05) is 18.1 Å². The molecule has 1 aromatic heterocycles. The Labute approximate surface area is 85.3 Å². The number of nitrogens with zero attached hydrogens (tertiary/aromatic N) is 3. The van der Waals surface area contributed by atoms with Gasteiger partial charge in [0.05, 0.1) is 5.92 Å². The SMILES string of the molecule is CC1CNCC1C(=O)Nc1nnns1. The quantitative estimate of drug-likeness (QED) is 0.706. The highest BCUT2D eigenvalue weighted by atomic mass is 32.1. The van der Waals surface area contributed by atoms with Crippen LogP contribution in [-0.4, -0.2) is 33.8 Å². The molecule has 1 aliphatic rings. The number of carbonyl (C=O) groups is 1. The average molecular weight is 213 g/mol. The standard InChI is InChI=1S/C7H11N5OS/c1-4-2-8-3-5(4)6(13)9-7-10-11-12-14-7/h4-5,8H,2-3H2,1H3,(H,9,10,12,13). The lowest BCUT2D eigenvalue weighted by Gasteiger charge is -2.11. The van der Waals surface area contributed by atoms with Crippen LogP contribution in [-0.2, 0) is 4.79 Å². The third kappa shape index (κ3) is 1.88. The summed E-state index contributed by atoms with van der Waals surface area (Å²) in [6.07, 6.45) is 0. The summed E-state index contributed by atoms with van der Waals surface area (Å²) in [6, 6.07) is 0. The Bertz CT molecular complexity index is 314. The fourth-order valence-electron chi connectivity index (χ4n) is 1.54. The van der Waals surface area contributed by atoms with Gasteiger partial charge in [-0.15, -0.1) is 0 Å². The summed E-state index contributed by atoms with van der Waals surface area (Å²) in [5, 5.41) is 13.4. The first-order valence-corrected chi connectivity index (χ1v) is 5.21. The van der Waals surface area contributed by atoms with Crippen LogP contribution in [0.25, 0.3) is 0 Å². The minimum absolute atomic E-state index is 0.000972. The fourth-order valence-corrected chi connectivity index (χ4v) is 1.91. The second-order valence-electron chi connectivity index (χ2n) is 3.40. The molecule has 1 fully saturated rings. The second-order valence-corrected chi connectivity index (χ2v) is 4.13. The van der Waals surface area contributed by atoms with E-state index in [1.807, 2.05) is 0 Å². The molecule has 2 atom stereocenters. The molecule has 2 unspecified atom stereocenters. The largest absolute Gasteiger partial charge is 0.316 e. The molecule has 0 aliphatic carbocycles. The Morgan fingerprint density at radius 2 is 2.50 bits per heavy atom. The van der Waals surface area contributed by atoms with E-state index in [9.17, 15) is 4.79 Å². The van der Waals surface area contributed by atoms with Crippen LogP contribution in [0.3, 0.4) is 0 Å². The first-order chi connectivity index (χ1) is 6.77. The van der Waals surface area contributed by atoms with E-state index in [0.29, 0.717) is 11.0 Å². The molecule has 14 heavy (non-hydrogen) atoms. The van der Waals surface area contributed by atoms with Gasteiger partial charge in [0.25, 0.3) is 0 Å². The van der Waals surface area contributed by atoms with Gasteiger partial charge in [-0.1, -0.05) is 16.5 Å². The van der Waals surface area contributed by atoms with Gasteiger partial charge in [-0.05, 0) is 17.7 Å². The van der Waals surface area contributed by atoms with Crippen LogP contribution in [0.15, 0.2) is 0 Å². The van der Waals surface area contributed by atoms with Crippen molar-refractivity contribution in [3.8, 4) is 0 Å². The molecular formula is C7H11N5OS. The van der Waals surface area contributed by atoms with E-state index in [4.69, 9.17) is 0 Å². The topological polar surface area (TPSA) is 79.8 Å². The molecule has 0 aromatic carbocycles. The Balaban J connectivity index is 1.95. The van der Waals surface area contributed by atoms with Gasteiger partial charge in [0.2, 0.25) is 11.0 Å². The number of rotatable bonds is 2. The van der Waals surface area contributed by atoms with Crippen LogP contribution in [0.2, 0.25) is 0 Å². The highest BCUT2D eigenvalue weighted by Gasteiger charge is 2.29. The minimum Gasteiger partial charge on any atom is -0.316 e. The Morgan fingerprint density at radius 3 is 3.07 bits per heavy atom. The number of anilines is 1. The van der Waals surface area contributed by atoms with Crippen LogP contribution in [0.4, 0.5) is 5.13 Å². The maximum absolute atomic E-state index is 11.7. The molecule has 0 saturated carbocycles. The van der Waals surface area contributed by atoms with Gasteiger partial charge in [0.15, 0.2) is 0 Å². The molecule has 1 saturated heterocycles. The smallest absolute Gasteiger partial charge is 0.231 e. The molecule has 2 rings (SSSR count). The molecule has 1 aliphatic heterocycles. The first kappa shape index (κ1) is 9.47. The van der Waals surface area contributed by atoms with Crippen molar-refractivity contribution in [2.45, 2.75) is 6.92 Å². The monoisotopic (exact) mass is 213 g/mol. The molecule has 2 N–H and O–H groups in total. The van der Waals surface area contributed by atoms with E-state index in [2.05, 4.69) is 32.4 Å². The van der Waals surface area contributed by atoms with Gasteiger partial charge in [-0.25, -0.2) is 0 Å². The van der Waals surface area contributed by atoms with Crippen molar-refractivity contribution in [1.29, 1.82) is 0 Å². The predicted molar refractivity (Wildman–Crippen MR) is 51.9 cm³/mol. The van der Waals surface area contributed by atoms with Crippen molar-refractivity contribution in [2.75, 3.05) is 18.4 Å². The van der Waals surface area contributed by atoms with Crippen molar-refractivity contribution < 1.29 is 4.79 Å². The van der Waals surface area contributed by atoms with Crippen LogP contribution >= 0.6 is 11.5 Å². The summed E-state index contributed by atoms with van der Waals surface area (Å²) in [7, 11) is 0. The van der Waals surface area contributed by atoms with Crippen LogP contribution in [0.1, 0.15) is 6.92 Å². The highest BCUT2D eigenvalue weighted by molar-refractivity contribution is 7.09. The van der Waals surface area contributed by atoms with E-state index in [-0.39, 0.29) is 11.8 Å². The molecule has 1 aromatic rings. The van der Waals surface area contributed by atoms with Gasteiger partial charge in [0.1, 0.15) is 0 Å². The predicted octanol–water partition coefficient (Wildman–Crippen LogP) is -0.273. The summed E-state index contributed by atoms with van der Waals surface area (Å²) in [4.78, 5) is 11.7. The lowest BCUT2D eigenvalue weighted by Crippen LogP contribution is -2.27. The molecule has 0 radical (unpaired) electrons. The van der Waals surface area contributed by atoms with Crippen molar-refractivity contribution in [1.82, 2.24) is 20.1 Å². The third-order valence-corrected chi connectivity index (χ3v) is 2.90. The summed E-state index contributed by atoms with van der Waals surface area (Å²) < 4.78 is 3.57. The zero-order valence-corrected chi connectivity index (χ0v) is 8.54. The highest BCUT2D eigenvalue weighted by Crippen LogP contribution is 2.18. The fraction of sp³-hybridized carbons (Fsp3) is 0.714. The normalized spacial score (nSPS) is 26.4. The molecule has 0 bridgehead atoms. The maximum Gasteiger partial charge on any atom is 0.231 e. The van der Waals surface area contributed by atoms with Gasteiger partial charge in [-0.3, -0.25) is 10.1 Å². The Hall–Kier alpha value is -1.08. The van der Waals surface area contributed by atoms with Crippen molar-refractivity contribution in [3.05, 3.63) is 0 Å². The minimum atomic E-state index is 0.000972. The second kappa shape index (κ2) is 3.97. The molecule has 6 nitrogen and oxygen atoms in total. The lowest BCUT2D eigenvalue weighted by molar-refractivity contribution is -0.120. The van der Waals surface area contributed by atoms with E-state index in [1.54, 1.807) is 0 Å². The van der Waals surface area contributed by atoms with Gasteiger partial charge < -0.3 is 5.32 Å². The number of aromatic nitrogens is 3. The van der Waals surface area contributed by atoms with Crippen LogP contribution in [0, 0.1) is 11.8 Å². The molecule has 0 spiro atoms. The zero-order valence-electron chi connectivity index (χ0n) is 7.73. The number of hydrogen-bond acceptors (Lipinski definition) is 6. The van der Waals surface area contributed by atoms with Crippen LogP contribution < -0.4 is 10.6 Å². The number of carbonyl (C=O) groups excluding carboxylic acids is 1. The van der Waals surface area contributed by atoms with Crippen molar-refractivity contribution in [2.24, 2.45) is 11.8 Å². The summed E-state index contributed by atoms with van der Waals surface area (Å²) in [6.45, 7) is 3.69. The van der Waals surface area contributed by atoms with Gasteiger partial charge >= 0.3 is 0 Å². The third-order valence-electron chi connectivity index (χ3n) is 2.38. The van der Waals surface area contributed by atoms with E-state index >= 15 is 0 Å². The van der Waals surface area contributed by atoms with E-state index < -0.39 is 0 Å². The Morgan fingerprint density at radius 1 is 1.64 bits per heavy atom. The summed E-state index contributed by atoms with van der Waals surface area (Å²) in [5.74, 6) is 0.399. The van der Waals surface area contributed by atoms with E-state index in [1.165, 1.54) is 0 Å². The number of nitrogens with one attached hydrogen (secondary N) is 2. The van der Waals surface area contributed by atoms with Crippen molar-refractivity contribution in [3.63, 3.8) is 0 Å². The summed E-state index contributed by atoms with van der Waals surface area (Å²) in [5.41, 5.74) is 0. The van der Waals surface area contributed by atoms with E-state index in [0.717, 1.165) is 24.6 Å². The van der Waals surface area contributed by atoms with Gasteiger partial charge in [-0.2, -0.15) is 0 Å². The molecular weight excluding hydrogens is 202 g/mol. The first-order valence-electron chi connectivity index (χ1n) is 4.44. The molecule has 1 amide bonds. The number of amides is 1. The maximum atomic E-state index is 11.7. The molecule has 2 heterocycles. The summed E-state index contributed by atoms with van der Waals surface area (Å²) >= 11 is 1.09.